The highest BCUT2D eigenvalue weighted by Crippen LogP contribution is 2.22. The maximum Gasteiger partial charge on any atom is 0.304 e. The Hall–Kier alpha value is -2.14. The lowest BCUT2D eigenvalue weighted by Crippen LogP contribution is -2.34. The van der Waals surface area contributed by atoms with Crippen LogP contribution in [-0.2, 0) is 0 Å². The second-order valence-electron chi connectivity index (χ2n) is 3.46. The lowest BCUT2D eigenvalue weighted by Gasteiger charge is -2.14. The number of amidine groups is 1. The molecule has 2 aliphatic heterocycles. The van der Waals surface area contributed by atoms with E-state index < -0.39 is 5.85 Å². The minimum absolute atomic E-state index is 0.355. The van der Waals surface area contributed by atoms with E-state index >= 15 is 0 Å². The molecule has 0 saturated heterocycles. The fourth-order valence-electron chi connectivity index (χ4n) is 1.56. The third-order valence-electron chi connectivity index (χ3n) is 2.37. The van der Waals surface area contributed by atoms with Crippen LogP contribution in [0.1, 0.15) is 5.56 Å². The quantitative estimate of drug-likeness (QED) is 0.729. The number of hydrogen-bond acceptors (Lipinski definition) is 5. The summed E-state index contributed by atoms with van der Waals surface area (Å²) < 4.78 is 0. The molecule has 1 unspecified atom stereocenters. The minimum atomic E-state index is -1.58. The number of aliphatic imine (C=N–C) groups is 4. The monoisotopic (exact) mass is 212 g/mol. The summed E-state index contributed by atoms with van der Waals surface area (Å²) in [4.78, 5) is 15.9. The summed E-state index contributed by atoms with van der Waals surface area (Å²) in [6.45, 7) is 0. The molecule has 0 saturated carbocycles. The van der Waals surface area contributed by atoms with Crippen LogP contribution in [0.25, 0.3) is 0 Å². The van der Waals surface area contributed by atoms with E-state index in [0.717, 1.165) is 5.56 Å². The second-order valence-corrected chi connectivity index (χ2v) is 3.46. The van der Waals surface area contributed by atoms with Gasteiger partial charge in [0.05, 0.1) is 6.21 Å². The van der Waals surface area contributed by atoms with Crippen molar-refractivity contribution < 1.29 is 5.11 Å². The summed E-state index contributed by atoms with van der Waals surface area (Å²) in [5.74, 6) is -1.10. The summed E-state index contributed by atoms with van der Waals surface area (Å²) in [5.41, 5.74) is 1.20. The minimum Gasteiger partial charge on any atom is -0.346 e. The smallest absolute Gasteiger partial charge is 0.304 e. The molecule has 2 heterocycles. The van der Waals surface area contributed by atoms with Crippen molar-refractivity contribution in [3.63, 3.8) is 0 Å². The highest BCUT2D eigenvalue weighted by molar-refractivity contribution is 6.40. The molecule has 0 fully saturated rings. The molecule has 5 nitrogen and oxygen atoms in total. The van der Waals surface area contributed by atoms with Gasteiger partial charge in [-0.05, 0) is 0 Å². The Morgan fingerprint density at radius 3 is 2.69 bits per heavy atom. The second kappa shape index (κ2) is 3.18. The van der Waals surface area contributed by atoms with Crippen LogP contribution in [0.2, 0.25) is 0 Å². The fraction of sp³-hybridized carbons (Fsp3) is 0.0909. The first kappa shape index (κ1) is 9.11. The van der Waals surface area contributed by atoms with E-state index in [1.54, 1.807) is 0 Å². The normalized spacial score (nSPS) is 26.3. The Kier molecular flexibility index (Phi) is 1.81. The summed E-state index contributed by atoms with van der Waals surface area (Å²) in [6, 6.07) is 9.45. The van der Waals surface area contributed by atoms with E-state index in [1.165, 1.54) is 12.6 Å². The molecule has 1 atom stereocenters. The van der Waals surface area contributed by atoms with Crippen LogP contribution in [0.3, 0.4) is 0 Å². The Labute approximate surface area is 91.6 Å². The average Bonchev–Trinajstić information content (AvgIpc) is 2.67. The van der Waals surface area contributed by atoms with Gasteiger partial charge in [-0.1, -0.05) is 30.3 Å². The molecule has 2 aliphatic rings. The number of aliphatic hydroxyl groups is 1. The van der Waals surface area contributed by atoms with Gasteiger partial charge in [0.15, 0.2) is 5.84 Å². The first-order chi connectivity index (χ1) is 7.78. The Morgan fingerprint density at radius 2 is 1.94 bits per heavy atom. The van der Waals surface area contributed by atoms with Gasteiger partial charge < -0.3 is 5.11 Å². The van der Waals surface area contributed by atoms with Gasteiger partial charge in [-0.2, -0.15) is 0 Å². The Bertz CT molecular complexity index is 544. The molecule has 0 amide bonds. The zero-order valence-electron chi connectivity index (χ0n) is 8.28. The first-order valence-electron chi connectivity index (χ1n) is 4.82. The molecule has 0 radical (unpaired) electrons. The topological polar surface area (TPSA) is 69.7 Å². The third kappa shape index (κ3) is 1.30. The third-order valence-corrected chi connectivity index (χ3v) is 2.37. The van der Waals surface area contributed by atoms with E-state index in [0.29, 0.717) is 11.5 Å². The standard InChI is InChI=1S/C11H8N4O/c16-11-9(6-12-7-13-11)14-10(15-11)8-4-2-1-3-5-8/h1-7,16H. The van der Waals surface area contributed by atoms with Gasteiger partial charge in [-0.15, -0.1) is 0 Å². The van der Waals surface area contributed by atoms with Crippen molar-refractivity contribution in [3.05, 3.63) is 35.9 Å². The molecule has 78 valence electrons. The van der Waals surface area contributed by atoms with Gasteiger partial charge in [0.1, 0.15) is 12.1 Å². The van der Waals surface area contributed by atoms with Crippen LogP contribution < -0.4 is 0 Å². The number of rotatable bonds is 1. The molecule has 3 rings (SSSR count). The van der Waals surface area contributed by atoms with Crippen molar-refractivity contribution in [2.45, 2.75) is 5.85 Å². The van der Waals surface area contributed by atoms with Crippen molar-refractivity contribution in [2.75, 3.05) is 0 Å². The van der Waals surface area contributed by atoms with E-state index in [1.807, 2.05) is 30.3 Å². The van der Waals surface area contributed by atoms with E-state index in [2.05, 4.69) is 20.0 Å². The van der Waals surface area contributed by atoms with Crippen LogP contribution in [0.5, 0.6) is 0 Å². The maximum atomic E-state index is 10.0. The zero-order chi connectivity index (χ0) is 11.0. The number of benzene rings is 1. The van der Waals surface area contributed by atoms with Gasteiger partial charge >= 0.3 is 5.85 Å². The average molecular weight is 212 g/mol. The number of hydrogen-bond donors (Lipinski definition) is 1. The molecule has 1 N–H and O–H groups in total. The number of nitrogens with zero attached hydrogens (tertiary/aromatic N) is 4. The van der Waals surface area contributed by atoms with Crippen LogP contribution in [0.15, 0.2) is 50.3 Å². The molecule has 1 aromatic carbocycles. The van der Waals surface area contributed by atoms with Crippen molar-refractivity contribution in [2.24, 2.45) is 20.0 Å². The van der Waals surface area contributed by atoms with Crippen LogP contribution in [-0.4, -0.2) is 35.1 Å². The highest BCUT2D eigenvalue weighted by atomic mass is 16.3. The highest BCUT2D eigenvalue weighted by Gasteiger charge is 2.38. The molecule has 0 aliphatic carbocycles. The van der Waals surface area contributed by atoms with Crippen molar-refractivity contribution in [1.29, 1.82) is 0 Å². The Balaban J connectivity index is 2.08. The first-order valence-corrected chi connectivity index (χ1v) is 4.82. The van der Waals surface area contributed by atoms with Crippen LogP contribution >= 0.6 is 0 Å². The van der Waals surface area contributed by atoms with Gasteiger partial charge in [-0.3, -0.25) is 0 Å². The summed E-state index contributed by atoms with van der Waals surface area (Å²) in [7, 11) is 0. The van der Waals surface area contributed by atoms with Gasteiger partial charge in [0.25, 0.3) is 0 Å². The molecule has 16 heavy (non-hydrogen) atoms. The largest absolute Gasteiger partial charge is 0.346 e. The summed E-state index contributed by atoms with van der Waals surface area (Å²) in [5, 5.41) is 10.0. The Morgan fingerprint density at radius 1 is 1.12 bits per heavy atom. The molecule has 0 bridgehead atoms. The molecular formula is C11H8N4O. The van der Waals surface area contributed by atoms with E-state index in [9.17, 15) is 5.11 Å². The SMILES string of the molecule is OC12N=CN=CC1=NC(c1ccccc1)=N2. The summed E-state index contributed by atoms with van der Waals surface area (Å²) in [6.07, 6.45) is 2.74. The fourth-order valence-corrected chi connectivity index (χ4v) is 1.56. The summed E-state index contributed by atoms with van der Waals surface area (Å²) >= 11 is 0. The lowest BCUT2D eigenvalue weighted by atomic mass is 10.2. The van der Waals surface area contributed by atoms with Crippen molar-refractivity contribution in [1.82, 2.24) is 0 Å². The van der Waals surface area contributed by atoms with Gasteiger partial charge in [-0.25, -0.2) is 20.0 Å². The lowest BCUT2D eigenvalue weighted by molar-refractivity contribution is 0.138. The van der Waals surface area contributed by atoms with Gasteiger partial charge in [0.2, 0.25) is 0 Å². The zero-order valence-corrected chi connectivity index (χ0v) is 8.28. The van der Waals surface area contributed by atoms with Crippen molar-refractivity contribution in [3.8, 4) is 0 Å². The molecular weight excluding hydrogens is 204 g/mol. The maximum absolute atomic E-state index is 10.0. The van der Waals surface area contributed by atoms with E-state index in [-0.39, 0.29) is 0 Å². The molecule has 5 heteroatoms. The van der Waals surface area contributed by atoms with Crippen LogP contribution in [0.4, 0.5) is 0 Å². The predicted octanol–water partition coefficient (Wildman–Crippen LogP) is 0.647. The predicted molar refractivity (Wildman–Crippen MR) is 62.3 cm³/mol. The van der Waals surface area contributed by atoms with Gasteiger partial charge in [0, 0.05) is 5.56 Å². The van der Waals surface area contributed by atoms with Crippen molar-refractivity contribution >= 4 is 24.1 Å². The van der Waals surface area contributed by atoms with E-state index in [4.69, 9.17) is 0 Å². The molecule has 0 aromatic heterocycles. The number of fused-ring (bicyclic) bond motifs is 1. The van der Waals surface area contributed by atoms with Crippen LogP contribution in [0, 0.1) is 0 Å². The molecule has 1 aromatic rings. The molecule has 0 spiro atoms.